The smallest absolute Gasteiger partial charge is 0.237 e. The molecule has 0 unspecified atom stereocenters. The lowest BCUT2D eigenvalue weighted by molar-refractivity contribution is -0.133. The number of hydrogen-bond acceptors (Lipinski definition) is 3. The number of primary amides is 1. The van der Waals surface area contributed by atoms with E-state index < -0.39 is 0 Å². The Morgan fingerprint density at radius 2 is 1.79 bits per heavy atom. The number of nitrogens with two attached hydrogens (primary N) is 1. The molecule has 1 aliphatic carbocycles. The summed E-state index contributed by atoms with van der Waals surface area (Å²) in [6.45, 7) is 3.16. The van der Waals surface area contributed by atoms with Crippen molar-refractivity contribution < 1.29 is 9.53 Å². The highest BCUT2D eigenvalue weighted by Crippen LogP contribution is 2.35. The minimum absolute atomic E-state index is 0.142. The number of amides is 1. The lowest BCUT2D eigenvalue weighted by Crippen LogP contribution is -2.59. The highest BCUT2D eigenvalue weighted by molar-refractivity contribution is 5.85. The third-order valence-electron chi connectivity index (χ3n) is 3.51. The average molecular weight is 198 g/mol. The molecule has 2 fully saturated rings. The molecule has 1 amide bonds. The zero-order valence-electron chi connectivity index (χ0n) is 8.50. The second-order valence-electron chi connectivity index (χ2n) is 4.20. The van der Waals surface area contributed by atoms with Gasteiger partial charge in [-0.15, -0.1) is 0 Å². The van der Waals surface area contributed by atoms with Crippen LogP contribution in [0.2, 0.25) is 0 Å². The van der Waals surface area contributed by atoms with Gasteiger partial charge in [0.15, 0.2) is 0 Å². The molecule has 0 atom stereocenters. The van der Waals surface area contributed by atoms with Crippen LogP contribution in [0.1, 0.15) is 25.7 Å². The maximum atomic E-state index is 11.6. The summed E-state index contributed by atoms with van der Waals surface area (Å²) in [7, 11) is 0. The fourth-order valence-corrected chi connectivity index (χ4v) is 2.67. The Morgan fingerprint density at radius 3 is 2.29 bits per heavy atom. The van der Waals surface area contributed by atoms with E-state index in [0.717, 1.165) is 52.0 Å². The van der Waals surface area contributed by atoms with E-state index in [-0.39, 0.29) is 11.4 Å². The molecule has 0 radical (unpaired) electrons. The number of nitrogens with zero attached hydrogens (tertiary/aromatic N) is 1. The summed E-state index contributed by atoms with van der Waals surface area (Å²) < 4.78 is 5.29. The summed E-state index contributed by atoms with van der Waals surface area (Å²) in [6, 6.07) is 0. The van der Waals surface area contributed by atoms with Crippen LogP contribution in [0.25, 0.3) is 0 Å². The first-order chi connectivity index (χ1) is 6.76. The average Bonchev–Trinajstić information content (AvgIpc) is 2.69. The van der Waals surface area contributed by atoms with Crippen molar-refractivity contribution in [1.29, 1.82) is 0 Å². The quantitative estimate of drug-likeness (QED) is 0.685. The minimum atomic E-state index is -0.343. The van der Waals surface area contributed by atoms with Crippen LogP contribution in [0.5, 0.6) is 0 Å². The molecule has 14 heavy (non-hydrogen) atoms. The number of morpholine rings is 1. The molecule has 1 heterocycles. The van der Waals surface area contributed by atoms with Crippen molar-refractivity contribution in [3.63, 3.8) is 0 Å². The number of carbonyl (C=O) groups is 1. The molecule has 2 rings (SSSR count). The minimum Gasteiger partial charge on any atom is -0.379 e. The zero-order valence-corrected chi connectivity index (χ0v) is 8.50. The van der Waals surface area contributed by atoms with Crippen LogP contribution in [0.15, 0.2) is 0 Å². The van der Waals surface area contributed by atoms with Crippen molar-refractivity contribution in [2.24, 2.45) is 5.73 Å². The van der Waals surface area contributed by atoms with Gasteiger partial charge in [0.2, 0.25) is 5.91 Å². The highest BCUT2D eigenvalue weighted by atomic mass is 16.5. The molecule has 0 bridgehead atoms. The number of ether oxygens (including phenoxy) is 1. The Morgan fingerprint density at radius 1 is 1.21 bits per heavy atom. The molecular weight excluding hydrogens is 180 g/mol. The number of rotatable bonds is 2. The first kappa shape index (κ1) is 9.93. The standard InChI is InChI=1S/C10H18N2O2/c11-9(13)10(3-1-2-4-10)12-5-7-14-8-6-12/h1-8H2,(H2,11,13). The molecule has 4 nitrogen and oxygen atoms in total. The fraction of sp³-hybridized carbons (Fsp3) is 0.900. The van der Waals surface area contributed by atoms with E-state index in [4.69, 9.17) is 10.5 Å². The van der Waals surface area contributed by atoms with Gasteiger partial charge >= 0.3 is 0 Å². The maximum absolute atomic E-state index is 11.6. The molecule has 0 aromatic carbocycles. The largest absolute Gasteiger partial charge is 0.379 e. The summed E-state index contributed by atoms with van der Waals surface area (Å²) in [5.41, 5.74) is 5.20. The van der Waals surface area contributed by atoms with Crippen LogP contribution in [0.3, 0.4) is 0 Å². The molecule has 4 heteroatoms. The van der Waals surface area contributed by atoms with Gasteiger partial charge < -0.3 is 10.5 Å². The lowest BCUT2D eigenvalue weighted by atomic mass is 9.93. The van der Waals surface area contributed by atoms with Crippen molar-refractivity contribution in [3.8, 4) is 0 Å². The van der Waals surface area contributed by atoms with Gasteiger partial charge in [0, 0.05) is 13.1 Å². The normalized spacial score (nSPS) is 27.7. The van der Waals surface area contributed by atoms with Gasteiger partial charge in [-0.2, -0.15) is 0 Å². The summed E-state index contributed by atoms with van der Waals surface area (Å²) in [6.07, 6.45) is 4.12. The SMILES string of the molecule is NC(=O)C1(N2CCOCC2)CCCC1. The van der Waals surface area contributed by atoms with E-state index in [1.807, 2.05) is 0 Å². The van der Waals surface area contributed by atoms with Gasteiger partial charge in [0.1, 0.15) is 5.54 Å². The second kappa shape index (κ2) is 3.87. The Bertz CT molecular complexity index is 218. The predicted octanol–water partition coefficient (Wildman–Crippen LogP) is 0.117. The molecule has 80 valence electrons. The summed E-state index contributed by atoms with van der Waals surface area (Å²) in [5.74, 6) is -0.142. The van der Waals surface area contributed by atoms with E-state index >= 15 is 0 Å². The van der Waals surface area contributed by atoms with E-state index in [9.17, 15) is 4.79 Å². The number of carbonyl (C=O) groups excluding carboxylic acids is 1. The third kappa shape index (κ3) is 1.53. The molecule has 1 saturated heterocycles. The molecule has 2 N–H and O–H groups in total. The first-order valence-corrected chi connectivity index (χ1v) is 5.38. The van der Waals surface area contributed by atoms with Gasteiger partial charge in [-0.25, -0.2) is 0 Å². The second-order valence-corrected chi connectivity index (χ2v) is 4.20. The van der Waals surface area contributed by atoms with Gasteiger partial charge in [0.05, 0.1) is 13.2 Å². The van der Waals surface area contributed by atoms with Gasteiger partial charge in [0.25, 0.3) is 0 Å². The van der Waals surface area contributed by atoms with E-state index in [1.165, 1.54) is 0 Å². The zero-order chi connectivity index (χ0) is 10.0. The van der Waals surface area contributed by atoms with Gasteiger partial charge in [-0.05, 0) is 12.8 Å². The van der Waals surface area contributed by atoms with Crippen molar-refractivity contribution in [2.75, 3.05) is 26.3 Å². The Hall–Kier alpha value is -0.610. The monoisotopic (exact) mass is 198 g/mol. The molecule has 0 spiro atoms. The Labute approximate surface area is 84.4 Å². The van der Waals surface area contributed by atoms with Crippen LogP contribution >= 0.6 is 0 Å². The fourth-order valence-electron chi connectivity index (χ4n) is 2.67. The predicted molar refractivity (Wildman–Crippen MR) is 52.8 cm³/mol. The molecule has 1 saturated carbocycles. The van der Waals surface area contributed by atoms with Crippen LogP contribution in [-0.4, -0.2) is 42.6 Å². The van der Waals surface area contributed by atoms with E-state index in [0.29, 0.717) is 0 Å². The van der Waals surface area contributed by atoms with Gasteiger partial charge in [-0.3, -0.25) is 9.69 Å². The molecule has 0 aromatic rings. The van der Waals surface area contributed by atoms with Gasteiger partial charge in [-0.1, -0.05) is 12.8 Å². The van der Waals surface area contributed by atoms with Crippen molar-refractivity contribution in [1.82, 2.24) is 4.90 Å². The number of hydrogen-bond donors (Lipinski definition) is 1. The summed E-state index contributed by atoms with van der Waals surface area (Å²) in [5, 5.41) is 0. The van der Waals surface area contributed by atoms with E-state index in [2.05, 4.69) is 4.90 Å². The maximum Gasteiger partial charge on any atom is 0.237 e. The van der Waals surface area contributed by atoms with Crippen molar-refractivity contribution >= 4 is 5.91 Å². The third-order valence-corrected chi connectivity index (χ3v) is 3.51. The Balaban J connectivity index is 2.12. The van der Waals surface area contributed by atoms with Crippen LogP contribution in [-0.2, 0) is 9.53 Å². The molecule has 0 aromatic heterocycles. The van der Waals surface area contributed by atoms with E-state index in [1.54, 1.807) is 0 Å². The molecule has 1 aliphatic heterocycles. The molecule has 2 aliphatic rings. The summed E-state index contributed by atoms with van der Waals surface area (Å²) >= 11 is 0. The van der Waals surface area contributed by atoms with Crippen LogP contribution in [0, 0.1) is 0 Å². The topological polar surface area (TPSA) is 55.6 Å². The highest BCUT2D eigenvalue weighted by Gasteiger charge is 2.44. The molecular formula is C10H18N2O2. The van der Waals surface area contributed by atoms with Crippen LogP contribution in [0.4, 0.5) is 0 Å². The van der Waals surface area contributed by atoms with Crippen LogP contribution < -0.4 is 5.73 Å². The Kier molecular flexibility index (Phi) is 2.74. The van der Waals surface area contributed by atoms with Crippen molar-refractivity contribution in [2.45, 2.75) is 31.2 Å². The summed E-state index contributed by atoms with van der Waals surface area (Å²) in [4.78, 5) is 13.8. The van der Waals surface area contributed by atoms with Crippen molar-refractivity contribution in [3.05, 3.63) is 0 Å². The first-order valence-electron chi connectivity index (χ1n) is 5.38. The lowest BCUT2D eigenvalue weighted by Gasteiger charge is -2.40.